The Hall–Kier alpha value is -4.13. The van der Waals surface area contributed by atoms with Crippen LogP contribution in [0.5, 0.6) is 5.75 Å². The third-order valence-electron chi connectivity index (χ3n) is 5.12. The summed E-state index contributed by atoms with van der Waals surface area (Å²) in [6.07, 6.45) is 2.02. The molecular weight excluding hydrogens is 409 g/mol. The lowest BCUT2D eigenvalue weighted by Crippen LogP contribution is -2.22. The summed E-state index contributed by atoms with van der Waals surface area (Å²) in [6, 6.07) is 18.3. The number of anilines is 1. The molecule has 0 unspecified atom stereocenters. The van der Waals surface area contributed by atoms with Crippen LogP contribution in [0.3, 0.4) is 0 Å². The number of aromatic nitrogens is 1. The summed E-state index contributed by atoms with van der Waals surface area (Å²) >= 11 is 0. The van der Waals surface area contributed by atoms with Crippen molar-refractivity contribution in [1.29, 1.82) is 0 Å². The van der Waals surface area contributed by atoms with Gasteiger partial charge < -0.3 is 20.4 Å². The minimum absolute atomic E-state index is 0.165. The third kappa shape index (κ3) is 4.95. The second-order valence-electron chi connectivity index (χ2n) is 7.34. The molecule has 1 aromatic heterocycles. The molecule has 0 fully saturated rings. The zero-order chi connectivity index (χ0) is 22.5. The van der Waals surface area contributed by atoms with Crippen molar-refractivity contribution in [2.75, 3.05) is 12.4 Å². The van der Waals surface area contributed by atoms with E-state index in [9.17, 15) is 14.0 Å². The monoisotopic (exact) mass is 431 g/mol. The van der Waals surface area contributed by atoms with Gasteiger partial charge in [-0.15, -0.1) is 0 Å². The molecule has 7 heteroatoms. The smallest absolute Gasteiger partial charge is 0.251 e. The molecule has 4 rings (SSSR count). The van der Waals surface area contributed by atoms with E-state index >= 15 is 0 Å². The molecule has 0 aliphatic rings. The molecule has 0 atom stereocenters. The molecule has 3 aromatic carbocycles. The maximum absolute atomic E-state index is 13.0. The number of fused-ring (bicyclic) bond motifs is 1. The van der Waals surface area contributed by atoms with Gasteiger partial charge in [0.2, 0.25) is 5.91 Å². The number of hydrogen-bond donors (Lipinski definition) is 3. The van der Waals surface area contributed by atoms with Crippen LogP contribution in [0.2, 0.25) is 0 Å². The minimum atomic E-state index is -0.317. The van der Waals surface area contributed by atoms with Crippen LogP contribution in [0, 0.1) is 5.82 Å². The second-order valence-corrected chi connectivity index (χ2v) is 7.34. The summed E-state index contributed by atoms with van der Waals surface area (Å²) in [6.45, 7) is 0.299. The fourth-order valence-electron chi connectivity index (χ4n) is 3.40. The lowest BCUT2D eigenvalue weighted by atomic mass is 10.1. The number of rotatable bonds is 7. The van der Waals surface area contributed by atoms with Crippen molar-refractivity contribution in [3.63, 3.8) is 0 Å². The standard InChI is InChI=1S/C25H22FN3O3/c1-32-21-10-11-23-22(13-21)18(15-27-23)12-24(30)29-20-8-4-17(5-9-20)25(31)28-14-16-2-6-19(26)7-3-16/h2-11,13,15,27H,12,14H2,1H3,(H,28,31)(H,29,30). The highest BCUT2D eigenvalue weighted by Crippen LogP contribution is 2.24. The van der Waals surface area contributed by atoms with Gasteiger partial charge in [-0.05, 0) is 65.7 Å². The fraction of sp³-hybridized carbons (Fsp3) is 0.120. The molecule has 0 saturated heterocycles. The van der Waals surface area contributed by atoms with Crippen molar-refractivity contribution in [1.82, 2.24) is 10.3 Å². The Balaban J connectivity index is 1.34. The molecule has 0 radical (unpaired) electrons. The van der Waals surface area contributed by atoms with E-state index in [2.05, 4.69) is 15.6 Å². The number of amides is 2. The molecule has 6 nitrogen and oxygen atoms in total. The lowest BCUT2D eigenvalue weighted by Gasteiger charge is -2.08. The first kappa shape index (κ1) is 21.1. The zero-order valence-corrected chi connectivity index (χ0v) is 17.4. The highest BCUT2D eigenvalue weighted by molar-refractivity contribution is 5.97. The number of benzene rings is 3. The number of aromatic amines is 1. The average molecular weight is 431 g/mol. The van der Waals surface area contributed by atoms with E-state index in [0.29, 0.717) is 17.8 Å². The number of methoxy groups -OCH3 is 1. The van der Waals surface area contributed by atoms with Crippen molar-refractivity contribution in [3.8, 4) is 5.75 Å². The van der Waals surface area contributed by atoms with Crippen LogP contribution in [-0.4, -0.2) is 23.9 Å². The van der Waals surface area contributed by atoms with E-state index in [-0.39, 0.29) is 24.1 Å². The first-order valence-corrected chi connectivity index (χ1v) is 10.1. The van der Waals surface area contributed by atoms with Crippen molar-refractivity contribution < 1.29 is 18.7 Å². The maximum atomic E-state index is 13.0. The van der Waals surface area contributed by atoms with E-state index in [1.807, 2.05) is 24.4 Å². The van der Waals surface area contributed by atoms with Gasteiger partial charge in [0.1, 0.15) is 11.6 Å². The van der Waals surface area contributed by atoms with Crippen LogP contribution in [0.4, 0.5) is 10.1 Å². The first-order valence-electron chi connectivity index (χ1n) is 10.1. The topological polar surface area (TPSA) is 83.2 Å². The van der Waals surface area contributed by atoms with Crippen molar-refractivity contribution in [3.05, 3.63) is 95.4 Å². The highest BCUT2D eigenvalue weighted by atomic mass is 19.1. The van der Waals surface area contributed by atoms with Gasteiger partial charge in [0.05, 0.1) is 13.5 Å². The Labute approximate surface area is 184 Å². The number of carbonyl (C=O) groups excluding carboxylic acids is 2. The van der Waals surface area contributed by atoms with Crippen LogP contribution >= 0.6 is 0 Å². The number of ether oxygens (including phenoxy) is 1. The van der Waals surface area contributed by atoms with Crippen LogP contribution in [0.1, 0.15) is 21.5 Å². The molecule has 0 saturated carbocycles. The highest BCUT2D eigenvalue weighted by Gasteiger charge is 2.11. The van der Waals surface area contributed by atoms with Gasteiger partial charge in [0.15, 0.2) is 0 Å². The Morgan fingerprint density at radius 2 is 1.75 bits per heavy atom. The minimum Gasteiger partial charge on any atom is -0.497 e. The van der Waals surface area contributed by atoms with Gasteiger partial charge in [-0.3, -0.25) is 9.59 Å². The van der Waals surface area contributed by atoms with Crippen molar-refractivity contribution in [2.45, 2.75) is 13.0 Å². The number of carbonyl (C=O) groups is 2. The molecule has 3 N–H and O–H groups in total. The van der Waals surface area contributed by atoms with Crippen molar-refractivity contribution >= 4 is 28.4 Å². The normalized spacial score (nSPS) is 10.7. The molecule has 162 valence electrons. The van der Waals surface area contributed by atoms with E-state index in [1.165, 1.54) is 12.1 Å². The Bertz CT molecular complexity index is 1250. The second kappa shape index (κ2) is 9.34. The number of halogens is 1. The van der Waals surface area contributed by atoms with Crippen LogP contribution in [-0.2, 0) is 17.8 Å². The fourth-order valence-corrected chi connectivity index (χ4v) is 3.40. The number of hydrogen-bond acceptors (Lipinski definition) is 3. The van der Waals surface area contributed by atoms with Gasteiger partial charge >= 0.3 is 0 Å². The summed E-state index contributed by atoms with van der Waals surface area (Å²) in [5.74, 6) is -0.00337. The Kier molecular flexibility index (Phi) is 6.17. The SMILES string of the molecule is COc1ccc2[nH]cc(CC(=O)Nc3ccc(C(=O)NCc4ccc(F)cc4)cc3)c2c1. The molecule has 0 spiro atoms. The van der Waals surface area contributed by atoms with E-state index < -0.39 is 0 Å². The summed E-state index contributed by atoms with van der Waals surface area (Å²) in [4.78, 5) is 28.0. The van der Waals surface area contributed by atoms with E-state index in [0.717, 1.165) is 27.8 Å². The molecule has 0 aliphatic heterocycles. The molecule has 1 heterocycles. The number of nitrogens with one attached hydrogen (secondary N) is 3. The maximum Gasteiger partial charge on any atom is 0.251 e. The Morgan fingerprint density at radius 1 is 1.00 bits per heavy atom. The molecule has 4 aromatic rings. The molecular formula is C25H22FN3O3. The van der Waals surface area contributed by atoms with E-state index in [1.54, 1.807) is 43.5 Å². The largest absolute Gasteiger partial charge is 0.497 e. The third-order valence-corrected chi connectivity index (χ3v) is 5.12. The van der Waals surface area contributed by atoms with Crippen LogP contribution < -0.4 is 15.4 Å². The zero-order valence-electron chi connectivity index (χ0n) is 17.4. The van der Waals surface area contributed by atoms with Crippen LogP contribution in [0.25, 0.3) is 10.9 Å². The summed E-state index contributed by atoms with van der Waals surface area (Å²) < 4.78 is 18.2. The van der Waals surface area contributed by atoms with Gasteiger partial charge in [0.25, 0.3) is 5.91 Å². The first-order chi connectivity index (χ1) is 15.5. The predicted octanol–water partition coefficient (Wildman–Crippen LogP) is 4.43. The van der Waals surface area contributed by atoms with E-state index in [4.69, 9.17) is 4.74 Å². The van der Waals surface area contributed by atoms with Gasteiger partial charge in [-0.2, -0.15) is 0 Å². The van der Waals surface area contributed by atoms with Gasteiger partial charge in [0, 0.05) is 34.9 Å². The Morgan fingerprint density at radius 3 is 2.47 bits per heavy atom. The average Bonchev–Trinajstić information content (AvgIpc) is 3.20. The van der Waals surface area contributed by atoms with Crippen molar-refractivity contribution in [2.24, 2.45) is 0 Å². The molecule has 2 amide bonds. The van der Waals surface area contributed by atoms with Gasteiger partial charge in [-0.1, -0.05) is 12.1 Å². The molecule has 0 aliphatic carbocycles. The summed E-state index contributed by atoms with van der Waals surface area (Å²) in [5.41, 5.74) is 3.67. The number of H-pyrrole nitrogens is 1. The molecule has 32 heavy (non-hydrogen) atoms. The summed E-state index contributed by atoms with van der Waals surface area (Å²) in [7, 11) is 1.60. The lowest BCUT2D eigenvalue weighted by molar-refractivity contribution is -0.115. The van der Waals surface area contributed by atoms with Crippen LogP contribution in [0.15, 0.2) is 72.9 Å². The molecule has 0 bridgehead atoms. The summed E-state index contributed by atoms with van der Waals surface area (Å²) in [5, 5.41) is 6.58. The van der Waals surface area contributed by atoms with Gasteiger partial charge in [-0.25, -0.2) is 4.39 Å². The quantitative estimate of drug-likeness (QED) is 0.405. The predicted molar refractivity (Wildman–Crippen MR) is 121 cm³/mol.